The van der Waals surface area contributed by atoms with Crippen LogP contribution in [0.5, 0.6) is 0 Å². The highest BCUT2D eigenvalue weighted by Crippen LogP contribution is 2.14. The molecule has 1 aliphatic rings. The maximum absolute atomic E-state index is 4.57. The Kier molecular flexibility index (Phi) is 4.68. The van der Waals surface area contributed by atoms with Gasteiger partial charge in [-0.05, 0) is 18.9 Å². The Hall–Kier alpha value is -1.94. The van der Waals surface area contributed by atoms with Gasteiger partial charge in [0.15, 0.2) is 5.82 Å². The Bertz CT molecular complexity index is 642. The maximum Gasteiger partial charge on any atom is 0.150 e. The molecule has 2 heterocycles. The van der Waals surface area contributed by atoms with E-state index in [-0.39, 0.29) is 0 Å². The summed E-state index contributed by atoms with van der Waals surface area (Å²) in [6, 6.07) is 11.0. The fraction of sp³-hybridized carbons (Fsp3) is 0.444. The van der Waals surface area contributed by atoms with Crippen molar-refractivity contribution in [1.29, 1.82) is 0 Å². The van der Waals surface area contributed by atoms with E-state index in [1.54, 1.807) is 0 Å². The van der Waals surface area contributed by atoms with Gasteiger partial charge < -0.3 is 5.32 Å². The molecule has 2 aromatic rings. The second kappa shape index (κ2) is 6.88. The topological polar surface area (TPSA) is 42.7 Å². The van der Waals surface area contributed by atoms with Crippen molar-refractivity contribution in [2.24, 2.45) is 0 Å². The van der Waals surface area contributed by atoms with Crippen molar-refractivity contribution in [2.45, 2.75) is 45.7 Å². The number of hydrogen-bond donors (Lipinski definition) is 1. The summed E-state index contributed by atoms with van der Waals surface area (Å²) >= 11 is 0. The van der Waals surface area contributed by atoms with Crippen molar-refractivity contribution in [3.63, 3.8) is 0 Å². The van der Waals surface area contributed by atoms with Crippen molar-refractivity contribution >= 4 is 6.08 Å². The van der Waals surface area contributed by atoms with E-state index in [9.17, 15) is 0 Å². The smallest absolute Gasteiger partial charge is 0.150 e. The Morgan fingerprint density at radius 1 is 1.36 bits per heavy atom. The van der Waals surface area contributed by atoms with E-state index in [0.29, 0.717) is 6.04 Å². The van der Waals surface area contributed by atoms with Crippen LogP contribution in [0.15, 0.2) is 35.9 Å². The molecular weight excluding hydrogens is 272 g/mol. The second-order valence-corrected chi connectivity index (χ2v) is 6.00. The molecule has 0 radical (unpaired) electrons. The van der Waals surface area contributed by atoms with Gasteiger partial charge in [-0.1, -0.05) is 48.9 Å². The molecule has 0 spiro atoms. The highest BCUT2D eigenvalue weighted by Gasteiger charge is 2.20. The molecule has 0 unspecified atom stereocenters. The van der Waals surface area contributed by atoms with Crippen molar-refractivity contribution in [3.05, 3.63) is 53.1 Å². The summed E-state index contributed by atoms with van der Waals surface area (Å²) in [5.41, 5.74) is 2.61. The first kappa shape index (κ1) is 15.0. The third-order valence-corrected chi connectivity index (χ3v) is 4.10. The zero-order valence-electron chi connectivity index (χ0n) is 13.4. The predicted octanol–water partition coefficient (Wildman–Crippen LogP) is 2.85. The summed E-state index contributed by atoms with van der Waals surface area (Å²) in [6.45, 7) is 6.14. The number of aromatic nitrogens is 3. The minimum Gasteiger partial charge on any atom is -0.308 e. The molecule has 0 fully saturated rings. The van der Waals surface area contributed by atoms with Gasteiger partial charge in [0.05, 0.1) is 6.54 Å². The number of benzene rings is 1. The van der Waals surface area contributed by atoms with Crippen LogP contribution in [-0.4, -0.2) is 27.4 Å². The largest absolute Gasteiger partial charge is 0.308 e. The number of aryl methyl sites for hydroxylation is 2. The summed E-state index contributed by atoms with van der Waals surface area (Å²) < 4.78 is 2.08. The Balaban J connectivity index is 1.55. The SMILES string of the molecule is CCc1nc2n(n1)C[C@H](NC/C(C)=C/c1ccccc1)CC2. The van der Waals surface area contributed by atoms with E-state index in [4.69, 9.17) is 0 Å². The Labute approximate surface area is 132 Å². The molecular formula is C18H24N4. The molecule has 116 valence electrons. The Morgan fingerprint density at radius 2 is 2.18 bits per heavy atom. The lowest BCUT2D eigenvalue weighted by molar-refractivity contribution is 0.367. The van der Waals surface area contributed by atoms with Crippen LogP contribution in [-0.2, 0) is 19.4 Å². The molecule has 1 aromatic heterocycles. The lowest BCUT2D eigenvalue weighted by atomic mass is 10.1. The van der Waals surface area contributed by atoms with Gasteiger partial charge in [-0.25, -0.2) is 9.67 Å². The van der Waals surface area contributed by atoms with Gasteiger partial charge in [-0.2, -0.15) is 5.10 Å². The standard InChI is InChI=1S/C18H24N4/c1-3-17-20-18-10-9-16(13-22(18)21-17)19-12-14(2)11-15-7-5-4-6-8-15/h4-8,11,16,19H,3,9-10,12-13H2,1-2H3/b14-11+/t16-/m1/s1. The first-order valence-corrected chi connectivity index (χ1v) is 8.13. The molecule has 1 aromatic carbocycles. The predicted molar refractivity (Wildman–Crippen MR) is 89.6 cm³/mol. The van der Waals surface area contributed by atoms with E-state index in [1.807, 2.05) is 6.07 Å². The third-order valence-electron chi connectivity index (χ3n) is 4.10. The molecule has 1 atom stereocenters. The number of hydrogen-bond acceptors (Lipinski definition) is 3. The van der Waals surface area contributed by atoms with Gasteiger partial charge in [-0.15, -0.1) is 0 Å². The molecule has 4 heteroatoms. The minimum absolute atomic E-state index is 0.484. The molecule has 0 bridgehead atoms. The molecule has 0 aliphatic carbocycles. The molecule has 4 nitrogen and oxygen atoms in total. The van der Waals surface area contributed by atoms with E-state index in [0.717, 1.165) is 44.0 Å². The van der Waals surface area contributed by atoms with Crippen LogP contribution in [0.3, 0.4) is 0 Å². The van der Waals surface area contributed by atoms with E-state index < -0.39 is 0 Å². The first-order valence-electron chi connectivity index (χ1n) is 8.13. The number of rotatable bonds is 5. The second-order valence-electron chi connectivity index (χ2n) is 6.00. The van der Waals surface area contributed by atoms with Crippen molar-refractivity contribution < 1.29 is 0 Å². The number of nitrogens with zero attached hydrogens (tertiary/aromatic N) is 3. The lowest BCUT2D eigenvalue weighted by Crippen LogP contribution is -2.38. The molecule has 0 saturated carbocycles. The van der Waals surface area contributed by atoms with Crippen molar-refractivity contribution in [2.75, 3.05) is 6.54 Å². The van der Waals surface area contributed by atoms with E-state index in [2.05, 4.69) is 64.3 Å². The van der Waals surface area contributed by atoms with Gasteiger partial charge >= 0.3 is 0 Å². The van der Waals surface area contributed by atoms with E-state index >= 15 is 0 Å². The minimum atomic E-state index is 0.484. The molecule has 0 amide bonds. The normalized spacial score (nSPS) is 18.3. The summed E-state index contributed by atoms with van der Waals surface area (Å²) in [5, 5.41) is 8.22. The summed E-state index contributed by atoms with van der Waals surface area (Å²) in [4.78, 5) is 4.57. The molecule has 22 heavy (non-hydrogen) atoms. The lowest BCUT2D eigenvalue weighted by Gasteiger charge is -2.23. The van der Waals surface area contributed by atoms with Gasteiger partial charge in [-0.3, -0.25) is 0 Å². The molecule has 0 saturated heterocycles. The van der Waals surface area contributed by atoms with Crippen LogP contribution < -0.4 is 5.32 Å². The van der Waals surface area contributed by atoms with Crippen LogP contribution in [0.4, 0.5) is 0 Å². The van der Waals surface area contributed by atoms with Crippen LogP contribution >= 0.6 is 0 Å². The fourth-order valence-corrected chi connectivity index (χ4v) is 2.87. The quantitative estimate of drug-likeness (QED) is 0.922. The zero-order valence-corrected chi connectivity index (χ0v) is 13.4. The monoisotopic (exact) mass is 296 g/mol. The maximum atomic E-state index is 4.57. The first-order chi connectivity index (χ1) is 10.7. The summed E-state index contributed by atoms with van der Waals surface area (Å²) in [6.07, 6.45) is 5.31. The van der Waals surface area contributed by atoms with Crippen LogP contribution in [0, 0.1) is 0 Å². The highest BCUT2D eigenvalue weighted by molar-refractivity contribution is 5.52. The highest BCUT2D eigenvalue weighted by atomic mass is 15.4. The van der Waals surface area contributed by atoms with Gasteiger partial charge in [0.25, 0.3) is 0 Å². The third kappa shape index (κ3) is 3.63. The number of nitrogens with one attached hydrogen (secondary N) is 1. The zero-order chi connectivity index (χ0) is 15.4. The average Bonchev–Trinajstić information content (AvgIpc) is 2.96. The molecule has 3 rings (SSSR count). The van der Waals surface area contributed by atoms with Gasteiger partial charge in [0.2, 0.25) is 0 Å². The fourth-order valence-electron chi connectivity index (χ4n) is 2.87. The molecule has 1 aliphatic heterocycles. The molecule has 1 N–H and O–H groups in total. The number of fused-ring (bicyclic) bond motifs is 1. The summed E-state index contributed by atoms with van der Waals surface area (Å²) in [7, 11) is 0. The van der Waals surface area contributed by atoms with Crippen LogP contribution in [0.2, 0.25) is 0 Å². The van der Waals surface area contributed by atoms with Gasteiger partial charge in [0.1, 0.15) is 5.82 Å². The van der Waals surface area contributed by atoms with E-state index in [1.165, 1.54) is 11.1 Å². The van der Waals surface area contributed by atoms with Crippen molar-refractivity contribution in [1.82, 2.24) is 20.1 Å². The van der Waals surface area contributed by atoms with Crippen LogP contribution in [0.25, 0.3) is 6.08 Å². The van der Waals surface area contributed by atoms with Crippen LogP contribution in [0.1, 0.15) is 37.5 Å². The average molecular weight is 296 g/mol. The summed E-state index contributed by atoms with van der Waals surface area (Å²) in [5.74, 6) is 2.11. The van der Waals surface area contributed by atoms with Crippen molar-refractivity contribution in [3.8, 4) is 0 Å². The van der Waals surface area contributed by atoms with Gasteiger partial charge in [0, 0.05) is 25.4 Å². The Morgan fingerprint density at radius 3 is 2.95 bits per heavy atom.